The summed E-state index contributed by atoms with van der Waals surface area (Å²) < 4.78 is 0. The molecule has 1 aliphatic rings. The predicted molar refractivity (Wildman–Crippen MR) is 38.7 cm³/mol. The van der Waals surface area contributed by atoms with Gasteiger partial charge in [0.2, 0.25) is 0 Å². The molecule has 0 aromatic heterocycles. The SMILES string of the molecule is CC[C@@H]1CC[C@@H](NN)C1. The van der Waals surface area contributed by atoms with Gasteiger partial charge in [0, 0.05) is 6.04 Å². The van der Waals surface area contributed by atoms with Crippen molar-refractivity contribution < 1.29 is 0 Å². The molecule has 0 unspecified atom stereocenters. The van der Waals surface area contributed by atoms with E-state index in [1.807, 2.05) is 0 Å². The number of hydrogen-bond acceptors (Lipinski definition) is 2. The molecule has 0 spiro atoms. The molecule has 0 radical (unpaired) electrons. The van der Waals surface area contributed by atoms with Crippen molar-refractivity contribution >= 4 is 0 Å². The van der Waals surface area contributed by atoms with Crippen LogP contribution >= 0.6 is 0 Å². The molecular formula is C7H16N2. The monoisotopic (exact) mass is 128 g/mol. The molecule has 3 N–H and O–H groups in total. The van der Waals surface area contributed by atoms with E-state index in [0.29, 0.717) is 6.04 Å². The summed E-state index contributed by atoms with van der Waals surface area (Å²) in [6, 6.07) is 0.606. The van der Waals surface area contributed by atoms with Crippen LogP contribution in [0.25, 0.3) is 0 Å². The van der Waals surface area contributed by atoms with E-state index in [1.165, 1.54) is 25.7 Å². The highest BCUT2D eigenvalue weighted by atomic mass is 15.2. The van der Waals surface area contributed by atoms with E-state index in [-0.39, 0.29) is 0 Å². The third kappa shape index (κ3) is 1.66. The van der Waals surface area contributed by atoms with Gasteiger partial charge in [-0.2, -0.15) is 0 Å². The van der Waals surface area contributed by atoms with Crippen LogP contribution in [0.15, 0.2) is 0 Å². The van der Waals surface area contributed by atoms with Gasteiger partial charge in [-0.05, 0) is 25.2 Å². The molecule has 2 heteroatoms. The summed E-state index contributed by atoms with van der Waals surface area (Å²) in [5.74, 6) is 6.24. The van der Waals surface area contributed by atoms with Gasteiger partial charge in [-0.15, -0.1) is 0 Å². The first-order chi connectivity index (χ1) is 4.36. The van der Waals surface area contributed by atoms with Crippen LogP contribution in [0.1, 0.15) is 32.6 Å². The molecule has 0 heterocycles. The Morgan fingerprint density at radius 3 is 2.67 bits per heavy atom. The average molecular weight is 128 g/mol. The highest BCUT2D eigenvalue weighted by Crippen LogP contribution is 2.26. The van der Waals surface area contributed by atoms with Crippen LogP contribution in [0.4, 0.5) is 0 Å². The van der Waals surface area contributed by atoms with E-state index in [1.54, 1.807) is 0 Å². The van der Waals surface area contributed by atoms with Gasteiger partial charge in [0.05, 0.1) is 0 Å². The third-order valence-electron chi connectivity index (χ3n) is 2.35. The third-order valence-corrected chi connectivity index (χ3v) is 2.35. The Balaban J connectivity index is 2.20. The molecule has 1 saturated carbocycles. The molecule has 0 amide bonds. The Bertz CT molecular complexity index is 73.0. The lowest BCUT2D eigenvalue weighted by Gasteiger charge is -2.06. The maximum Gasteiger partial charge on any atom is 0.0213 e. The number of hydrazine groups is 1. The highest BCUT2D eigenvalue weighted by molar-refractivity contribution is 4.77. The van der Waals surface area contributed by atoms with Crippen LogP contribution in [0.3, 0.4) is 0 Å². The summed E-state index contributed by atoms with van der Waals surface area (Å²) in [6.07, 6.45) is 5.24. The van der Waals surface area contributed by atoms with Crippen molar-refractivity contribution in [2.45, 2.75) is 38.6 Å². The number of rotatable bonds is 2. The van der Waals surface area contributed by atoms with Gasteiger partial charge >= 0.3 is 0 Å². The van der Waals surface area contributed by atoms with Crippen molar-refractivity contribution in [2.24, 2.45) is 11.8 Å². The van der Waals surface area contributed by atoms with Crippen LogP contribution < -0.4 is 11.3 Å². The second kappa shape index (κ2) is 3.18. The molecule has 0 bridgehead atoms. The van der Waals surface area contributed by atoms with Gasteiger partial charge in [0.25, 0.3) is 0 Å². The zero-order valence-corrected chi connectivity index (χ0v) is 6.06. The van der Waals surface area contributed by atoms with Crippen molar-refractivity contribution in [3.05, 3.63) is 0 Å². The van der Waals surface area contributed by atoms with Crippen LogP contribution in [0.5, 0.6) is 0 Å². The maximum absolute atomic E-state index is 5.30. The van der Waals surface area contributed by atoms with E-state index >= 15 is 0 Å². The maximum atomic E-state index is 5.30. The van der Waals surface area contributed by atoms with E-state index in [4.69, 9.17) is 5.84 Å². The molecule has 9 heavy (non-hydrogen) atoms. The van der Waals surface area contributed by atoms with Gasteiger partial charge in [-0.1, -0.05) is 13.3 Å². The zero-order valence-electron chi connectivity index (χ0n) is 6.06. The first kappa shape index (κ1) is 7.03. The normalized spacial score (nSPS) is 35.3. The fraction of sp³-hybridized carbons (Fsp3) is 1.00. The van der Waals surface area contributed by atoms with Crippen LogP contribution in [-0.4, -0.2) is 6.04 Å². The quantitative estimate of drug-likeness (QED) is 0.430. The minimum Gasteiger partial charge on any atom is -0.271 e. The molecule has 1 fully saturated rings. The van der Waals surface area contributed by atoms with Gasteiger partial charge < -0.3 is 0 Å². The Morgan fingerprint density at radius 1 is 1.56 bits per heavy atom. The Morgan fingerprint density at radius 2 is 2.33 bits per heavy atom. The molecule has 1 aliphatic carbocycles. The van der Waals surface area contributed by atoms with Crippen molar-refractivity contribution in [1.82, 2.24) is 5.43 Å². The summed E-state index contributed by atoms with van der Waals surface area (Å²) in [6.45, 7) is 2.25. The van der Waals surface area contributed by atoms with Crippen LogP contribution in [0, 0.1) is 5.92 Å². The Kier molecular flexibility index (Phi) is 2.49. The standard InChI is InChI=1S/C7H16N2/c1-2-6-3-4-7(5-6)9-8/h6-7,9H,2-5,8H2,1H3/t6-,7-/m1/s1. The van der Waals surface area contributed by atoms with E-state index in [0.717, 1.165) is 5.92 Å². The summed E-state index contributed by atoms with van der Waals surface area (Å²) in [4.78, 5) is 0. The minimum absolute atomic E-state index is 0.606. The first-order valence-corrected chi connectivity index (χ1v) is 3.83. The molecule has 54 valence electrons. The smallest absolute Gasteiger partial charge is 0.0213 e. The van der Waals surface area contributed by atoms with E-state index in [9.17, 15) is 0 Å². The van der Waals surface area contributed by atoms with Crippen LogP contribution in [-0.2, 0) is 0 Å². The summed E-state index contributed by atoms with van der Waals surface area (Å²) in [5, 5.41) is 0. The lowest BCUT2D eigenvalue weighted by atomic mass is 10.1. The second-order valence-corrected chi connectivity index (χ2v) is 2.95. The topological polar surface area (TPSA) is 38.0 Å². The fourth-order valence-corrected chi connectivity index (χ4v) is 1.60. The largest absolute Gasteiger partial charge is 0.271 e. The molecule has 2 atom stereocenters. The lowest BCUT2D eigenvalue weighted by Crippen LogP contribution is -2.32. The molecule has 2 nitrogen and oxygen atoms in total. The van der Waals surface area contributed by atoms with E-state index < -0.39 is 0 Å². The average Bonchev–Trinajstić information content (AvgIpc) is 2.34. The first-order valence-electron chi connectivity index (χ1n) is 3.83. The second-order valence-electron chi connectivity index (χ2n) is 2.95. The molecule has 0 saturated heterocycles. The van der Waals surface area contributed by atoms with Crippen molar-refractivity contribution in [1.29, 1.82) is 0 Å². The summed E-state index contributed by atoms with van der Waals surface area (Å²) in [5.41, 5.74) is 2.83. The van der Waals surface area contributed by atoms with Gasteiger partial charge in [0.15, 0.2) is 0 Å². The number of nitrogens with one attached hydrogen (secondary N) is 1. The number of nitrogens with two attached hydrogens (primary N) is 1. The Labute approximate surface area is 56.8 Å². The molecule has 0 aromatic rings. The summed E-state index contributed by atoms with van der Waals surface area (Å²) >= 11 is 0. The lowest BCUT2D eigenvalue weighted by molar-refractivity contribution is 0.485. The zero-order chi connectivity index (χ0) is 6.69. The molecule has 1 rings (SSSR count). The Hall–Kier alpha value is -0.0800. The van der Waals surface area contributed by atoms with Gasteiger partial charge in [-0.25, -0.2) is 0 Å². The van der Waals surface area contributed by atoms with Crippen molar-refractivity contribution in [2.75, 3.05) is 0 Å². The summed E-state index contributed by atoms with van der Waals surface area (Å²) in [7, 11) is 0. The number of hydrogen-bond donors (Lipinski definition) is 2. The minimum atomic E-state index is 0.606. The van der Waals surface area contributed by atoms with Gasteiger partial charge in [0.1, 0.15) is 0 Å². The van der Waals surface area contributed by atoms with Crippen molar-refractivity contribution in [3.8, 4) is 0 Å². The fourth-order valence-electron chi connectivity index (χ4n) is 1.60. The van der Waals surface area contributed by atoms with Gasteiger partial charge in [-0.3, -0.25) is 11.3 Å². The molecule has 0 aromatic carbocycles. The molecule has 0 aliphatic heterocycles. The molecular weight excluding hydrogens is 112 g/mol. The van der Waals surface area contributed by atoms with Crippen LogP contribution in [0.2, 0.25) is 0 Å². The van der Waals surface area contributed by atoms with E-state index in [2.05, 4.69) is 12.3 Å². The van der Waals surface area contributed by atoms with Crippen molar-refractivity contribution in [3.63, 3.8) is 0 Å². The predicted octanol–water partition coefficient (Wildman–Crippen LogP) is 1.03. The highest BCUT2D eigenvalue weighted by Gasteiger charge is 2.21.